The van der Waals surface area contributed by atoms with Crippen LogP contribution in [0.4, 0.5) is 0 Å². The molecule has 1 aromatic carbocycles. The van der Waals surface area contributed by atoms with Crippen molar-refractivity contribution in [2.24, 2.45) is 0 Å². The topological polar surface area (TPSA) is 95.9 Å². The summed E-state index contributed by atoms with van der Waals surface area (Å²) in [7, 11) is 1.93. The van der Waals surface area contributed by atoms with E-state index in [0.29, 0.717) is 13.1 Å². The molecule has 2 N–H and O–H groups in total. The lowest BCUT2D eigenvalue weighted by molar-refractivity contribution is 0.171. The van der Waals surface area contributed by atoms with Crippen molar-refractivity contribution in [3.05, 3.63) is 91.8 Å². The smallest absolute Gasteiger partial charge is 0.318 e. The molecule has 2 heterocycles. The number of aromatic amines is 1. The van der Waals surface area contributed by atoms with Gasteiger partial charge in [0.05, 0.1) is 18.3 Å². The Kier molecular flexibility index (Phi) is 7.47. The lowest BCUT2D eigenvalue weighted by Gasteiger charge is -2.32. The van der Waals surface area contributed by atoms with Crippen molar-refractivity contribution in [2.45, 2.75) is 51.7 Å². The molecule has 4 rings (SSSR count). The minimum absolute atomic E-state index is 0.0485. The summed E-state index contributed by atoms with van der Waals surface area (Å²) in [5, 5.41) is 3.23. The Hall–Kier alpha value is -3.10. The molecule has 1 unspecified atom stereocenters. The van der Waals surface area contributed by atoms with Gasteiger partial charge in [0.15, 0.2) is 0 Å². The SMILES string of the molecule is CCC(c1nc2c(c(=O)n1Cc1ccccc1)CCC2)N(CCNC)Cc1cnc(=O)[nH]c1. The summed E-state index contributed by atoms with van der Waals surface area (Å²) in [4.78, 5) is 39.0. The highest BCUT2D eigenvalue weighted by molar-refractivity contribution is 5.26. The zero-order valence-corrected chi connectivity index (χ0v) is 19.4. The van der Waals surface area contributed by atoms with Crippen LogP contribution in [0.15, 0.2) is 52.3 Å². The minimum atomic E-state index is -0.357. The van der Waals surface area contributed by atoms with E-state index in [2.05, 4.69) is 39.2 Å². The van der Waals surface area contributed by atoms with E-state index in [1.54, 1.807) is 12.4 Å². The molecule has 0 amide bonds. The second-order valence-corrected chi connectivity index (χ2v) is 8.55. The number of H-pyrrole nitrogens is 1. The molecule has 1 atom stereocenters. The number of rotatable bonds is 10. The Balaban J connectivity index is 1.76. The summed E-state index contributed by atoms with van der Waals surface area (Å²) in [6.07, 6.45) is 6.78. The Morgan fingerprint density at radius 3 is 2.70 bits per heavy atom. The van der Waals surface area contributed by atoms with Crippen LogP contribution in [0.3, 0.4) is 0 Å². The average molecular weight is 449 g/mol. The maximum atomic E-state index is 13.6. The van der Waals surface area contributed by atoms with E-state index in [9.17, 15) is 9.59 Å². The maximum Gasteiger partial charge on any atom is 0.344 e. The van der Waals surface area contributed by atoms with Crippen molar-refractivity contribution in [1.29, 1.82) is 0 Å². The van der Waals surface area contributed by atoms with Crippen molar-refractivity contribution in [3.63, 3.8) is 0 Å². The molecule has 0 spiro atoms. The maximum absolute atomic E-state index is 13.6. The van der Waals surface area contributed by atoms with Gasteiger partial charge >= 0.3 is 5.69 Å². The molecule has 0 radical (unpaired) electrons. The van der Waals surface area contributed by atoms with Crippen LogP contribution < -0.4 is 16.6 Å². The van der Waals surface area contributed by atoms with Crippen molar-refractivity contribution in [1.82, 2.24) is 29.7 Å². The largest absolute Gasteiger partial charge is 0.344 e. The number of likely N-dealkylation sites (N-methyl/N-ethyl adjacent to an activating group) is 1. The third kappa shape index (κ3) is 5.29. The Bertz CT molecular complexity index is 1170. The zero-order chi connectivity index (χ0) is 23.2. The highest BCUT2D eigenvalue weighted by atomic mass is 16.1. The Labute approximate surface area is 193 Å². The number of nitrogens with one attached hydrogen (secondary N) is 2. The molecule has 8 nitrogen and oxygen atoms in total. The van der Waals surface area contributed by atoms with Gasteiger partial charge in [0.2, 0.25) is 0 Å². The number of hydrogen-bond acceptors (Lipinski definition) is 6. The van der Waals surface area contributed by atoms with Gasteiger partial charge in [-0.25, -0.2) is 14.8 Å². The lowest BCUT2D eigenvalue weighted by atomic mass is 10.1. The molecule has 0 fully saturated rings. The fourth-order valence-electron chi connectivity index (χ4n) is 4.62. The van der Waals surface area contributed by atoms with E-state index in [1.165, 1.54) is 0 Å². The first-order valence-electron chi connectivity index (χ1n) is 11.7. The van der Waals surface area contributed by atoms with Crippen LogP contribution in [0.1, 0.15) is 54.0 Å². The van der Waals surface area contributed by atoms with Gasteiger partial charge in [0, 0.05) is 43.2 Å². The molecule has 174 valence electrons. The van der Waals surface area contributed by atoms with E-state index in [0.717, 1.165) is 67.0 Å². The first-order chi connectivity index (χ1) is 16.1. The van der Waals surface area contributed by atoms with Crippen LogP contribution in [-0.4, -0.2) is 44.6 Å². The average Bonchev–Trinajstić information content (AvgIpc) is 3.31. The Morgan fingerprint density at radius 1 is 1.18 bits per heavy atom. The summed E-state index contributed by atoms with van der Waals surface area (Å²) in [6.45, 7) is 4.80. The van der Waals surface area contributed by atoms with Crippen molar-refractivity contribution in [2.75, 3.05) is 20.1 Å². The third-order valence-electron chi connectivity index (χ3n) is 6.29. The minimum Gasteiger partial charge on any atom is -0.318 e. The van der Waals surface area contributed by atoms with E-state index in [-0.39, 0.29) is 17.3 Å². The van der Waals surface area contributed by atoms with E-state index in [4.69, 9.17) is 4.98 Å². The van der Waals surface area contributed by atoms with Gasteiger partial charge in [-0.2, -0.15) is 0 Å². The fourth-order valence-corrected chi connectivity index (χ4v) is 4.62. The third-order valence-corrected chi connectivity index (χ3v) is 6.29. The van der Waals surface area contributed by atoms with Crippen LogP contribution >= 0.6 is 0 Å². The summed E-state index contributed by atoms with van der Waals surface area (Å²) in [5.74, 6) is 0.820. The van der Waals surface area contributed by atoms with Crippen molar-refractivity contribution < 1.29 is 0 Å². The number of fused-ring (bicyclic) bond motifs is 1. The number of aromatic nitrogens is 4. The zero-order valence-electron chi connectivity index (χ0n) is 19.4. The number of hydrogen-bond donors (Lipinski definition) is 2. The van der Waals surface area contributed by atoms with Gasteiger partial charge in [-0.3, -0.25) is 14.3 Å². The molecule has 0 bridgehead atoms. The second kappa shape index (κ2) is 10.7. The van der Waals surface area contributed by atoms with Crippen LogP contribution in [0.2, 0.25) is 0 Å². The summed E-state index contributed by atoms with van der Waals surface area (Å²) >= 11 is 0. The van der Waals surface area contributed by atoms with Gasteiger partial charge in [0.1, 0.15) is 5.82 Å². The molecule has 8 heteroatoms. The number of benzene rings is 1. The van der Waals surface area contributed by atoms with E-state index in [1.807, 2.05) is 29.8 Å². The van der Waals surface area contributed by atoms with Gasteiger partial charge in [-0.1, -0.05) is 37.3 Å². The quantitative estimate of drug-likeness (QED) is 0.493. The lowest BCUT2D eigenvalue weighted by Crippen LogP contribution is -2.39. The molecule has 0 aliphatic heterocycles. The monoisotopic (exact) mass is 448 g/mol. The molecule has 0 saturated carbocycles. The first kappa shape index (κ1) is 23.1. The predicted octanol–water partition coefficient (Wildman–Crippen LogP) is 2.04. The summed E-state index contributed by atoms with van der Waals surface area (Å²) in [6, 6.07) is 10.0. The van der Waals surface area contributed by atoms with E-state index < -0.39 is 0 Å². The van der Waals surface area contributed by atoms with Crippen LogP contribution in [0.25, 0.3) is 0 Å². The molecule has 1 aliphatic carbocycles. The van der Waals surface area contributed by atoms with Crippen LogP contribution in [0, 0.1) is 0 Å². The molecular weight excluding hydrogens is 416 g/mol. The fraction of sp³-hybridized carbons (Fsp3) is 0.440. The van der Waals surface area contributed by atoms with Crippen LogP contribution in [-0.2, 0) is 25.9 Å². The highest BCUT2D eigenvalue weighted by Crippen LogP contribution is 2.27. The van der Waals surface area contributed by atoms with Crippen molar-refractivity contribution in [3.8, 4) is 0 Å². The van der Waals surface area contributed by atoms with Crippen molar-refractivity contribution >= 4 is 0 Å². The molecule has 1 aliphatic rings. The Morgan fingerprint density at radius 2 is 2.00 bits per heavy atom. The van der Waals surface area contributed by atoms with Crippen LogP contribution in [0.5, 0.6) is 0 Å². The normalized spacial score (nSPS) is 13.9. The summed E-state index contributed by atoms with van der Waals surface area (Å²) < 4.78 is 1.88. The van der Waals surface area contributed by atoms with E-state index >= 15 is 0 Å². The number of aryl methyl sites for hydroxylation is 1. The van der Waals surface area contributed by atoms with Gasteiger partial charge in [-0.05, 0) is 38.3 Å². The summed E-state index contributed by atoms with van der Waals surface area (Å²) in [5.41, 5.74) is 3.57. The number of nitrogens with zero attached hydrogens (tertiary/aromatic N) is 4. The molecule has 3 aromatic rings. The molecule has 33 heavy (non-hydrogen) atoms. The molecular formula is C25H32N6O2. The van der Waals surface area contributed by atoms with Gasteiger partial charge in [0.25, 0.3) is 5.56 Å². The van der Waals surface area contributed by atoms with Gasteiger partial charge in [-0.15, -0.1) is 0 Å². The first-order valence-corrected chi connectivity index (χ1v) is 11.7. The molecule has 2 aromatic heterocycles. The van der Waals surface area contributed by atoms with Gasteiger partial charge < -0.3 is 10.3 Å². The highest BCUT2D eigenvalue weighted by Gasteiger charge is 2.28. The predicted molar refractivity (Wildman–Crippen MR) is 128 cm³/mol. The standard InChI is InChI=1S/C25H32N6O2/c1-3-22(30(13-12-26-2)16-19-14-27-25(33)28-15-19)23-29-21-11-7-10-20(21)24(32)31(23)17-18-8-5-4-6-9-18/h4-6,8-9,14-15,22,26H,3,7,10-13,16-17H2,1-2H3,(H,27,28,33). The second-order valence-electron chi connectivity index (χ2n) is 8.55. The molecule has 0 saturated heterocycles.